The van der Waals surface area contributed by atoms with Crippen molar-refractivity contribution in [1.29, 1.82) is 0 Å². The fourth-order valence-corrected chi connectivity index (χ4v) is 7.18. The lowest BCUT2D eigenvalue weighted by Gasteiger charge is -2.30. The summed E-state index contributed by atoms with van der Waals surface area (Å²) in [6, 6.07) is 7.63. The van der Waals surface area contributed by atoms with Crippen molar-refractivity contribution in [3.05, 3.63) is 29.8 Å². The van der Waals surface area contributed by atoms with E-state index in [-0.39, 0.29) is 12.1 Å². The Hall–Kier alpha value is -0.140. The van der Waals surface area contributed by atoms with Gasteiger partial charge >= 0.3 is 0 Å². The van der Waals surface area contributed by atoms with Gasteiger partial charge in [0.15, 0.2) is 0 Å². The van der Waals surface area contributed by atoms with Crippen molar-refractivity contribution in [2.24, 2.45) is 0 Å². The SMILES string of the molecule is CCCCC[C@H]1[C@H](I)C[C@@H](CCCC)N1S(=O)(=O)c1ccc(C)cc1. The van der Waals surface area contributed by atoms with Crippen molar-refractivity contribution in [1.82, 2.24) is 4.31 Å². The molecule has 0 aromatic heterocycles. The van der Waals surface area contributed by atoms with Gasteiger partial charge in [-0.3, -0.25) is 0 Å². The van der Waals surface area contributed by atoms with E-state index < -0.39 is 10.0 Å². The Morgan fingerprint density at radius 2 is 1.68 bits per heavy atom. The minimum atomic E-state index is -3.43. The summed E-state index contributed by atoms with van der Waals surface area (Å²) in [6.07, 6.45) is 8.61. The van der Waals surface area contributed by atoms with Gasteiger partial charge in [-0.2, -0.15) is 4.31 Å². The van der Waals surface area contributed by atoms with Gasteiger partial charge in [-0.15, -0.1) is 0 Å². The highest BCUT2D eigenvalue weighted by atomic mass is 127. The molecule has 0 radical (unpaired) electrons. The summed E-state index contributed by atoms with van der Waals surface area (Å²) in [4.78, 5) is 0.450. The summed E-state index contributed by atoms with van der Waals surface area (Å²) in [5.41, 5.74) is 1.09. The Morgan fingerprint density at radius 1 is 1.04 bits per heavy atom. The molecular weight excluding hydrogens is 445 g/mol. The third kappa shape index (κ3) is 5.19. The second-order valence-corrected chi connectivity index (χ2v) is 10.7. The van der Waals surface area contributed by atoms with Crippen LogP contribution in [0.1, 0.15) is 70.8 Å². The quantitative estimate of drug-likeness (QED) is 0.260. The van der Waals surface area contributed by atoms with Crippen LogP contribution in [0.4, 0.5) is 0 Å². The Labute approximate surface area is 167 Å². The van der Waals surface area contributed by atoms with E-state index in [2.05, 4.69) is 36.4 Å². The summed E-state index contributed by atoms with van der Waals surface area (Å²) in [7, 11) is -3.43. The third-order valence-corrected chi connectivity index (χ3v) is 8.52. The minimum Gasteiger partial charge on any atom is -0.207 e. The predicted octanol–water partition coefficient (Wildman–Crippen LogP) is 5.70. The molecule has 1 fully saturated rings. The topological polar surface area (TPSA) is 37.4 Å². The third-order valence-electron chi connectivity index (χ3n) is 5.19. The molecule has 3 nitrogen and oxygen atoms in total. The molecule has 1 saturated heterocycles. The van der Waals surface area contributed by atoms with Crippen molar-refractivity contribution in [2.45, 2.75) is 93.0 Å². The van der Waals surface area contributed by atoms with Gasteiger partial charge in [0.25, 0.3) is 0 Å². The van der Waals surface area contributed by atoms with E-state index in [1.807, 2.05) is 23.4 Å². The molecule has 0 aliphatic carbocycles. The lowest BCUT2D eigenvalue weighted by Crippen LogP contribution is -2.42. The van der Waals surface area contributed by atoms with Crippen LogP contribution in [0, 0.1) is 6.92 Å². The van der Waals surface area contributed by atoms with E-state index >= 15 is 0 Å². The Morgan fingerprint density at radius 3 is 2.28 bits per heavy atom. The van der Waals surface area contributed by atoms with Gasteiger partial charge in [0.05, 0.1) is 4.90 Å². The van der Waals surface area contributed by atoms with E-state index in [9.17, 15) is 8.42 Å². The van der Waals surface area contributed by atoms with Crippen LogP contribution in [0.5, 0.6) is 0 Å². The number of sulfonamides is 1. The summed E-state index contributed by atoms with van der Waals surface area (Å²) < 4.78 is 29.2. The second-order valence-electron chi connectivity index (χ2n) is 7.26. The van der Waals surface area contributed by atoms with Crippen molar-refractivity contribution < 1.29 is 8.42 Å². The van der Waals surface area contributed by atoms with Crippen molar-refractivity contribution in [3.63, 3.8) is 0 Å². The number of halogens is 1. The van der Waals surface area contributed by atoms with Gasteiger partial charge in [-0.25, -0.2) is 8.42 Å². The van der Waals surface area contributed by atoms with Crippen molar-refractivity contribution >= 4 is 32.6 Å². The number of unbranched alkanes of at least 4 members (excludes halogenated alkanes) is 3. The number of alkyl halides is 1. The maximum absolute atomic E-state index is 13.4. The van der Waals surface area contributed by atoms with Crippen LogP contribution >= 0.6 is 22.6 Å². The predicted molar refractivity (Wildman–Crippen MR) is 114 cm³/mol. The monoisotopic (exact) mass is 477 g/mol. The van der Waals surface area contributed by atoms with E-state index in [1.165, 1.54) is 12.8 Å². The van der Waals surface area contributed by atoms with Crippen molar-refractivity contribution in [3.8, 4) is 0 Å². The number of aryl methyl sites for hydroxylation is 1. The lowest BCUT2D eigenvalue weighted by atomic mass is 10.1. The number of benzene rings is 1. The highest BCUT2D eigenvalue weighted by molar-refractivity contribution is 14.1. The molecule has 1 aliphatic rings. The summed E-state index contributed by atoms with van der Waals surface area (Å²) in [5.74, 6) is 0. The number of hydrogen-bond donors (Lipinski definition) is 0. The molecule has 1 heterocycles. The first-order valence-electron chi connectivity index (χ1n) is 9.66. The van der Waals surface area contributed by atoms with Crippen LogP contribution in [0.15, 0.2) is 29.2 Å². The summed E-state index contributed by atoms with van der Waals surface area (Å²) in [6.45, 7) is 6.36. The molecule has 0 saturated carbocycles. The number of nitrogens with zero attached hydrogens (tertiary/aromatic N) is 1. The molecule has 0 spiro atoms. The molecule has 142 valence electrons. The fraction of sp³-hybridized carbons (Fsp3) is 0.700. The maximum atomic E-state index is 13.4. The van der Waals surface area contributed by atoms with Crippen LogP contribution < -0.4 is 0 Å². The van der Waals surface area contributed by atoms with Gasteiger partial charge < -0.3 is 0 Å². The van der Waals surface area contributed by atoms with E-state index in [4.69, 9.17) is 0 Å². The molecule has 0 bridgehead atoms. The average Bonchev–Trinajstić information content (AvgIpc) is 2.90. The minimum absolute atomic E-state index is 0.139. The van der Waals surface area contributed by atoms with Crippen LogP contribution in [-0.4, -0.2) is 28.7 Å². The normalized spacial score (nSPS) is 24.7. The first-order valence-corrected chi connectivity index (χ1v) is 12.3. The van der Waals surface area contributed by atoms with E-state index in [1.54, 1.807) is 12.1 Å². The summed E-state index contributed by atoms with van der Waals surface area (Å²) in [5, 5.41) is 0. The zero-order valence-electron chi connectivity index (χ0n) is 15.7. The molecule has 3 atom stereocenters. The smallest absolute Gasteiger partial charge is 0.207 e. The molecular formula is C20H32INO2S. The molecule has 2 rings (SSSR count). The zero-order valence-corrected chi connectivity index (χ0v) is 18.7. The van der Waals surface area contributed by atoms with Gasteiger partial charge in [-0.05, 0) is 38.3 Å². The van der Waals surface area contributed by atoms with Gasteiger partial charge in [0, 0.05) is 16.0 Å². The fourth-order valence-electron chi connectivity index (χ4n) is 3.75. The van der Waals surface area contributed by atoms with Crippen LogP contribution in [0.2, 0.25) is 0 Å². The Balaban J connectivity index is 2.31. The van der Waals surface area contributed by atoms with Crippen LogP contribution in [0.3, 0.4) is 0 Å². The van der Waals surface area contributed by atoms with E-state index in [0.717, 1.165) is 44.1 Å². The van der Waals surface area contributed by atoms with E-state index in [0.29, 0.717) is 8.82 Å². The molecule has 0 unspecified atom stereocenters. The first-order chi connectivity index (χ1) is 11.9. The summed E-state index contributed by atoms with van der Waals surface area (Å²) >= 11 is 2.49. The Kier molecular flexibility index (Phi) is 8.21. The molecule has 0 N–H and O–H groups in total. The molecule has 1 aliphatic heterocycles. The van der Waals surface area contributed by atoms with Gasteiger partial charge in [0.1, 0.15) is 0 Å². The van der Waals surface area contributed by atoms with Gasteiger partial charge in [0.2, 0.25) is 10.0 Å². The lowest BCUT2D eigenvalue weighted by molar-refractivity contribution is 0.292. The molecule has 0 amide bonds. The van der Waals surface area contributed by atoms with Crippen LogP contribution in [0.25, 0.3) is 0 Å². The highest BCUT2D eigenvalue weighted by Crippen LogP contribution is 2.39. The Bertz CT molecular complexity index is 630. The molecule has 25 heavy (non-hydrogen) atoms. The molecule has 1 aromatic rings. The zero-order chi connectivity index (χ0) is 18.4. The largest absolute Gasteiger partial charge is 0.243 e. The number of rotatable bonds is 9. The first kappa shape index (κ1) is 21.2. The highest BCUT2D eigenvalue weighted by Gasteiger charge is 2.45. The van der Waals surface area contributed by atoms with Gasteiger partial charge in [-0.1, -0.05) is 86.2 Å². The van der Waals surface area contributed by atoms with Crippen molar-refractivity contribution in [2.75, 3.05) is 0 Å². The second kappa shape index (κ2) is 9.70. The van der Waals surface area contributed by atoms with Crippen LogP contribution in [-0.2, 0) is 10.0 Å². The molecule has 1 aromatic carbocycles. The standard InChI is InChI=1S/C20H32INO2S/c1-4-6-8-10-20-19(21)15-17(9-7-5-2)22(20)25(23,24)18-13-11-16(3)12-14-18/h11-14,17,19-20H,4-10,15H2,1-3H3/t17-,19-,20+/m1/s1. The number of hydrogen-bond acceptors (Lipinski definition) is 2. The average molecular weight is 477 g/mol. The maximum Gasteiger partial charge on any atom is 0.243 e. The molecule has 5 heteroatoms.